The van der Waals surface area contributed by atoms with Crippen LogP contribution < -0.4 is 15.4 Å². The minimum absolute atomic E-state index is 0.223. The Kier molecular flexibility index (Phi) is 6.10. The SMILES string of the molecule is COc1ncccc1C(=O)NCCNCC(C)O. The Morgan fingerprint density at radius 2 is 2.33 bits per heavy atom. The molecular weight excluding hydrogens is 234 g/mol. The van der Waals surface area contributed by atoms with Crippen LogP contribution in [0.1, 0.15) is 17.3 Å². The van der Waals surface area contributed by atoms with E-state index in [-0.39, 0.29) is 12.0 Å². The summed E-state index contributed by atoms with van der Waals surface area (Å²) in [5.41, 5.74) is 0.413. The standard InChI is InChI=1S/C12H19N3O3/c1-9(16)8-13-6-7-14-11(17)10-4-3-5-15-12(10)18-2/h3-5,9,13,16H,6-8H2,1-2H3,(H,14,17). The Hall–Kier alpha value is -1.66. The Balaban J connectivity index is 2.36. The summed E-state index contributed by atoms with van der Waals surface area (Å²) in [5.74, 6) is 0.0886. The molecule has 0 fully saturated rings. The summed E-state index contributed by atoms with van der Waals surface area (Å²) in [7, 11) is 1.48. The van der Waals surface area contributed by atoms with Gasteiger partial charge in [-0.1, -0.05) is 0 Å². The second-order valence-corrected chi connectivity index (χ2v) is 3.87. The van der Waals surface area contributed by atoms with Crippen LogP contribution in [-0.2, 0) is 0 Å². The van der Waals surface area contributed by atoms with Gasteiger partial charge in [0.25, 0.3) is 5.91 Å². The molecule has 0 saturated carbocycles. The van der Waals surface area contributed by atoms with Crippen molar-refractivity contribution in [1.82, 2.24) is 15.6 Å². The number of carbonyl (C=O) groups excluding carboxylic acids is 1. The van der Waals surface area contributed by atoms with E-state index in [1.54, 1.807) is 25.3 Å². The lowest BCUT2D eigenvalue weighted by atomic mass is 10.2. The summed E-state index contributed by atoms with van der Waals surface area (Å²) in [4.78, 5) is 15.8. The molecule has 1 unspecified atom stereocenters. The zero-order valence-electron chi connectivity index (χ0n) is 10.6. The molecule has 0 aromatic carbocycles. The zero-order valence-corrected chi connectivity index (χ0v) is 10.6. The third-order valence-corrected chi connectivity index (χ3v) is 2.24. The summed E-state index contributed by atoms with van der Waals surface area (Å²) in [6.45, 7) is 3.28. The van der Waals surface area contributed by atoms with Crippen molar-refractivity contribution in [2.45, 2.75) is 13.0 Å². The van der Waals surface area contributed by atoms with Gasteiger partial charge in [0.2, 0.25) is 5.88 Å². The summed E-state index contributed by atoms with van der Waals surface area (Å²) < 4.78 is 5.00. The first-order chi connectivity index (χ1) is 8.65. The molecule has 18 heavy (non-hydrogen) atoms. The molecule has 1 aromatic heterocycles. The number of hydrogen-bond donors (Lipinski definition) is 3. The zero-order chi connectivity index (χ0) is 13.4. The van der Waals surface area contributed by atoms with Crippen LogP contribution in [0, 0.1) is 0 Å². The molecule has 0 bridgehead atoms. The number of carbonyl (C=O) groups is 1. The van der Waals surface area contributed by atoms with Crippen molar-refractivity contribution in [1.29, 1.82) is 0 Å². The molecule has 1 atom stereocenters. The number of aliphatic hydroxyl groups is 1. The lowest BCUT2D eigenvalue weighted by Gasteiger charge is -2.09. The van der Waals surface area contributed by atoms with Crippen LogP contribution in [0.2, 0.25) is 0 Å². The average Bonchev–Trinajstić information content (AvgIpc) is 2.37. The second kappa shape index (κ2) is 7.62. The van der Waals surface area contributed by atoms with Crippen LogP contribution in [0.4, 0.5) is 0 Å². The number of pyridine rings is 1. The Bertz CT molecular complexity index is 383. The normalized spacial score (nSPS) is 11.9. The molecule has 0 saturated heterocycles. The van der Waals surface area contributed by atoms with Gasteiger partial charge in [-0.15, -0.1) is 0 Å². The first-order valence-corrected chi connectivity index (χ1v) is 5.81. The largest absolute Gasteiger partial charge is 0.480 e. The average molecular weight is 253 g/mol. The summed E-state index contributed by atoms with van der Waals surface area (Å²) in [6, 6.07) is 3.34. The maximum absolute atomic E-state index is 11.8. The van der Waals surface area contributed by atoms with E-state index in [1.165, 1.54) is 7.11 Å². The van der Waals surface area contributed by atoms with E-state index in [4.69, 9.17) is 9.84 Å². The summed E-state index contributed by atoms with van der Waals surface area (Å²) in [6.07, 6.45) is 1.18. The van der Waals surface area contributed by atoms with Gasteiger partial charge in [0.05, 0.1) is 13.2 Å². The van der Waals surface area contributed by atoms with Crippen molar-refractivity contribution in [3.63, 3.8) is 0 Å². The fourth-order valence-corrected chi connectivity index (χ4v) is 1.40. The van der Waals surface area contributed by atoms with Crippen LogP contribution in [-0.4, -0.2) is 48.8 Å². The predicted octanol–water partition coefficient (Wildman–Crippen LogP) is -0.210. The predicted molar refractivity (Wildman–Crippen MR) is 67.7 cm³/mol. The van der Waals surface area contributed by atoms with Crippen LogP contribution >= 0.6 is 0 Å². The Morgan fingerprint density at radius 1 is 1.56 bits per heavy atom. The molecule has 6 nitrogen and oxygen atoms in total. The molecule has 0 aliphatic heterocycles. The van der Waals surface area contributed by atoms with Crippen molar-refractivity contribution < 1.29 is 14.6 Å². The van der Waals surface area contributed by atoms with Gasteiger partial charge in [0.1, 0.15) is 5.56 Å². The fourth-order valence-electron chi connectivity index (χ4n) is 1.40. The number of amides is 1. The number of nitrogens with zero attached hydrogens (tertiary/aromatic N) is 1. The molecule has 1 aromatic rings. The molecule has 100 valence electrons. The number of rotatable bonds is 7. The van der Waals surface area contributed by atoms with Crippen molar-refractivity contribution in [2.24, 2.45) is 0 Å². The number of aliphatic hydroxyl groups excluding tert-OH is 1. The first-order valence-electron chi connectivity index (χ1n) is 5.81. The maximum Gasteiger partial charge on any atom is 0.256 e. The lowest BCUT2D eigenvalue weighted by Crippen LogP contribution is -2.34. The molecule has 1 heterocycles. The van der Waals surface area contributed by atoms with Crippen molar-refractivity contribution in [3.05, 3.63) is 23.9 Å². The van der Waals surface area contributed by atoms with E-state index >= 15 is 0 Å². The number of nitrogens with one attached hydrogen (secondary N) is 2. The van der Waals surface area contributed by atoms with Gasteiger partial charge < -0.3 is 20.5 Å². The third-order valence-electron chi connectivity index (χ3n) is 2.24. The van der Waals surface area contributed by atoms with E-state index in [1.807, 2.05) is 0 Å². The van der Waals surface area contributed by atoms with Crippen LogP contribution in [0.25, 0.3) is 0 Å². The van der Waals surface area contributed by atoms with Gasteiger partial charge in [-0.2, -0.15) is 0 Å². The molecule has 6 heteroatoms. The van der Waals surface area contributed by atoms with Crippen molar-refractivity contribution in [2.75, 3.05) is 26.7 Å². The second-order valence-electron chi connectivity index (χ2n) is 3.87. The van der Waals surface area contributed by atoms with Gasteiger partial charge in [-0.3, -0.25) is 4.79 Å². The quantitative estimate of drug-likeness (QED) is 0.586. The smallest absolute Gasteiger partial charge is 0.256 e. The van der Waals surface area contributed by atoms with Crippen molar-refractivity contribution >= 4 is 5.91 Å². The molecule has 1 amide bonds. The first kappa shape index (κ1) is 14.4. The molecule has 0 spiro atoms. The fraction of sp³-hybridized carbons (Fsp3) is 0.500. The van der Waals surface area contributed by atoms with Crippen LogP contribution in [0.15, 0.2) is 18.3 Å². The van der Waals surface area contributed by atoms with E-state index < -0.39 is 0 Å². The van der Waals surface area contributed by atoms with Crippen molar-refractivity contribution in [3.8, 4) is 5.88 Å². The molecule has 0 aliphatic carbocycles. The molecule has 0 radical (unpaired) electrons. The van der Waals surface area contributed by atoms with Gasteiger partial charge in [-0.25, -0.2) is 4.98 Å². The van der Waals surface area contributed by atoms with E-state index in [9.17, 15) is 4.79 Å². The molecule has 0 aliphatic rings. The van der Waals surface area contributed by atoms with Gasteiger partial charge in [0, 0.05) is 25.8 Å². The number of hydrogen-bond acceptors (Lipinski definition) is 5. The lowest BCUT2D eigenvalue weighted by molar-refractivity contribution is 0.0950. The highest BCUT2D eigenvalue weighted by molar-refractivity contribution is 5.96. The number of ether oxygens (including phenoxy) is 1. The number of methoxy groups -OCH3 is 1. The van der Waals surface area contributed by atoms with E-state index in [2.05, 4.69) is 15.6 Å². The van der Waals surface area contributed by atoms with E-state index in [0.29, 0.717) is 31.1 Å². The summed E-state index contributed by atoms with van der Waals surface area (Å²) >= 11 is 0. The van der Waals surface area contributed by atoms with Gasteiger partial charge >= 0.3 is 0 Å². The Morgan fingerprint density at radius 3 is 3.00 bits per heavy atom. The highest BCUT2D eigenvalue weighted by Crippen LogP contribution is 2.12. The van der Waals surface area contributed by atoms with Gasteiger partial charge in [0.15, 0.2) is 0 Å². The van der Waals surface area contributed by atoms with Gasteiger partial charge in [-0.05, 0) is 19.1 Å². The minimum atomic E-state index is -0.390. The van der Waals surface area contributed by atoms with Crippen LogP contribution in [0.5, 0.6) is 5.88 Å². The molecule has 3 N–H and O–H groups in total. The molecular formula is C12H19N3O3. The third kappa shape index (κ3) is 4.68. The Labute approximate surface area is 106 Å². The van der Waals surface area contributed by atoms with Crippen LogP contribution in [0.3, 0.4) is 0 Å². The monoisotopic (exact) mass is 253 g/mol. The molecule has 1 rings (SSSR count). The number of aromatic nitrogens is 1. The van der Waals surface area contributed by atoms with E-state index in [0.717, 1.165) is 0 Å². The highest BCUT2D eigenvalue weighted by Gasteiger charge is 2.11. The minimum Gasteiger partial charge on any atom is -0.480 e. The topological polar surface area (TPSA) is 83.5 Å². The summed E-state index contributed by atoms with van der Waals surface area (Å²) in [5, 5.41) is 14.8. The maximum atomic E-state index is 11.8. The highest BCUT2D eigenvalue weighted by atomic mass is 16.5.